The van der Waals surface area contributed by atoms with E-state index >= 15 is 0 Å². The molecule has 1 saturated heterocycles. The van der Waals surface area contributed by atoms with Crippen molar-refractivity contribution in [1.29, 1.82) is 0 Å². The molecule has 424 valence electrons. The first-order valence-corrected chi connectivity index (χ1v) is 30.4. The number of ether oxygens (including phenoxy) is 2. The van der Waals surface area contributed by atoms with Crippen LogP contribution < -0.4 is 5.32 Å². The molecule has 0 aromatic carbocycles. The Morgan fingerprint density at radius 2 is 0.833 bits per heavy atom. The molecular formula is C61H115NO10. The van der Waals surface area contributed by atoms with E-state index in [4.69, 9.17) is 9.47 Å². The van der Waals surface area contributed by atoms with Crippen LogP contribution in [0.25, 0.3) is 0 Å². The second kappa shape index (κ2) is 50.2. The molecule has 9 atom stereocenters. The Morgan fingerprint density at radius 1 is 0.472 bits per heavy atom. The van der Waals surface area contributed by atoms with Crippen molar-refractivity contribution in [3.8, 4) is 0 Å². The highest BCUT2D eigenvalue weighted by Crippen LogP contribution is 2.23. The molecule has 72 heavy (non-hydrogen) atoms. The van der Waals surface area contributed by atoms with Crippen LogP contribution in [0.15, 0.2) is 36.5 Å². The van der Waals surface area contributed by atoms with Gasteiger partial charge in [0.05, 0.1) is 25.4 Å². The van der Waals surface area contributed by atoms with Crippen LogP contribution >= 0.6 is 0 Å². The van der Waals surface area contributed by atoms with Gasteiger partial charge in [0.2, 0.25) is 5.91 Å². The molecule has 1 heterocycles. The van der Waals surface area contributed by atoms with Gasteiger partial charge in [-0.1, -0.05) is 249 Å². The van der Waals surface area contributed by atoms with Gasteiger partial charge in [-0.2, -0.15) is 0 Å². The number of carbonyl (C=O) groups excluding carboxylic acids is 1. The standard InChI is InChI=1S/C61H115NO10/c1-3-5-7-9-11-13-15-17-19-21-22-23-24-25-26-27-28-29-30-31-33-35-37-39-41-43-45-47-49-54(65)60(70)62-52(51-71-61-59(69)58(68)57(67)55(50-63)72-61)56(66)53(64)48-46-44-42-40-38-36-34-32-20-18-16-14-12-10-8-6-4-2/h14,16,32,34,40,42,52-59,61,63-69H,3-13,15,17-31,33,35-39,41,43-51H2,1-2H3,(H,62,70)/b16-14+,34-32+,42-40+. The number of hydrogen-bond donors (Lipinski definition) is 8. The zero-order valence-electron chi connectivity index (χ0n) is 46.4. The Labute approximate surface area is 441 Å². The summed E-state index contributed by atoms with van der Waals surface area (Å²) in [5.74, 6) is -0.708. The maximum atomic E-state index is 13.2. The molecule has 0 bridgehead atoms. The first-order chi connectivity index (χ1) is 35.2. The summed E-state index contributed by atoms with van der Waals surface area (Å²) >= 11 is 0. The topological polar surface area (TPSA) is 189 Å². The lowest BCUT2D eigenvalue weighted by Gasteiger charge is -2.40. The monoisotopic (exact) mass is 1020 g/mol. The largest absolute Gasteiger partial charge is 0.394 e. The minimum absolute atomic E-state index is 0.242. The van der Waals surface area contributed by atoms with Crippen molar-refractivity contribution < 1.29 is 50.0 Å². The van der Waals surface area contributed by atoms with Gasteiger partial charge in [-0.15, -0.1) is 0 Å². The zero-order chi connectivity index (χ0) is 52.5. The molecule has 11 heteroatoms. The maximum absolute atomic E-state index is 13.2. The van der Waals surface area contributed by atoms with E-state index in [1.54, 1.807) is 0 Å². The van der Waals surface area contributed by atoms with Crippen LogP contribution in [0.1, 0.15) is 277 Å². The molecule has 0 radical (unpaired) electrons. The second-order valence-electron chi connectivity index (χ2n) is 21.4. The molecule has 0 aliphatic carbocycles. The van der Waals surface area contributed by atoms with E-state index in [2.05, 4.69) is 55.6 Å². The molecule has 1 aliphatic rings. The first kappa shape index (κ1) is 68.3. The second-order valence-corrected chi connectivity index (χ2v) is 21.4. The molecule has 11 nitrogen and oxygen atoms in total. The summed E-state index contributed by atoms with van der Waals surface area (Å²) in [6.07, 6.45) is 50.7. The van der Waals surface area contributed by atoms with Crippen molar-refractivity contribution in [3.63, 3.8) is 0 Å². The van der Waals surface area contributed by atoms with Crippen LogP contribution in [-0.2, 0) is 14.3 Å². The number of aliphatic hydroxyl groups excluding tert-OH is 7. The predicted octanol–water partition coefficient (Wildman–Crippen LogP) is 13.1. The number of amides is 1. The lowest BCUT2D eigenvalue weighted by molar-refractivity contribution is -0.303. The van der Waals surface area contributed by atoms with Crippen molar-refractivity contribution in [3.05, 3.63) is 36.5 Å². The fourth-order valence-electron chi connectivity index (χ4n) is 9.71. The SMILES string of the molecule is CCCCCC/C=C/CC/C=C/CC/C=C/CCCC(O)C(O)C(COC1OC(CO)C(O)C(O)C1O)NC(=O)C(O)CCCCCCCCCCCCCCCCCCCCCCCCCCCCCC. The van der Waals surface area contributed by atoms with Crippen LogP contribution in [-0.4, -0.2) is 110 Å². The maximum Gasteiger partial charge on any atom is 0.249 e. The average Bonchev–Trinajstić information content (AvgIpc) is 3.38. The van der Waals surface area contributed by atoms with Crippen LogP contribution in [0.4, 0.5) is 0 Å². The summed E-state index contributed by atoms with van der Waals surface area (Å²) < 4.78 is 11.1. The van der Waals surface area contributed by atoms with E-state index in [0.29, 0.717) is 19.3 Å². The highest BCUT2D eigenvalue weighted by atomic mass is 16.7. The normalized spacial score (nSPS) is 20.3. The number of aliphatic hydroxyl groups is 7. The van der Waals surface area contributed by atoms with Crippen LogP contribution in [0, 0.1) is 0 Å². The predicted molar refractivity (Wildman–Crippen MR) is 298 cm³/mol. The van der Waals surface area contributed by atoms with Gasteiger partial charge in [0, 0.05) is 0 Å². The summed E-state index contributed by atoms with van der Waals surface area (Å²) in [5.41, 5.74) is 0. The van der Waals surface area contributed by atoms with Crippen molar-refractivity contribution >= 4 is 5.91 Å². The van der Waals surface area contributed by atoms with E-state index in [1.807, 2.05) is 0 Å². The third-order valence-corrected chi connectivity index (χ3v) is 14.7. The quantitative estimate of drug-likeness (QED) is 0.0215. The average molecular weight is 1020 g/mol. The molecule has 9 unspecified atom stereocenters. The third kappa shape index (κ3) is 38.0. The lowest BCUT2D eigenvalue weighted by Crippen LogP contribution is -2.60. The molecule has 0 spiro atoms. The van der Waals surface area contributed by atoms with E-state index in [0.717, 1.165) is 44.9 Å². The van der Waals surface area contributed by atoms with E-state index in [1.165, 1.54) is 186 Å². The molecule has 8 N–H and O–H groups in total. The molecule has 0 aromatic rings. The van der Waals surface area contributed by atoms with Crippen LogP contribution in [0.2, 0.25) is 0 Å². The highest BCUT2D eigenvalue weighted by Gasteiger charge is 2.44. The van der Waals surface area contributed by atoms with Crippen molar-refractivity contribution in [1.82, 2.24) is 5.32 Å². The van der Waals surface area contributed by atoms with Gasteiger partial charge >= 0.3 is 0 Å². The van der Waals surface area contributed by atoms with Gasteiger partial charge in [0.15, 0.2) is 6.29 Å². The number of unbranched alkanes of at least 4 members (excludes halogenated alkanes) is 34. The fraction of sp³-hybridized carbons (Fsp3) is 0.885. The summed E-state index contributed by atoms with van der Waals surface area (Å²) in [6, 6.07) is -1.19. The van der Waals surface area contributed by atoms with E-state index in [9.17, 15) is 40.5 Å². The van der Waals surface area contributed by atoms with E-state index in [-0.39, 0.29) is 12.8 Å². The van der Waals surface area contributed by atoms with Crippen molar-refractivity contribution in [2.24, 2.45) is 0 Å². The highest BCUT2D eigenvalue weighted by molar-refractivity contribution is 5.80. The van der Waals surface area contributed by atoms with Crippen molar-refractivity contribution in [2.45, 2.75) is 332 Å². The number of nitrogens with one attached hydrogen (secondary N) is 1. The minimum atomic E-state index is -1.67. The van der Waals surface area contributed by atoms with Crippen LogP contribution in [0.5, 0.6) is 0 Å². The summed E-state index contributed by atoms with van der Waals surface area (Å²) in [4.78, 5) is 13.2. The molecule has 1 fully saturated rings. The lowest BCUT2D eigenvalue weighted by atomic mass is 9.98. The Hall–Kier alpha value is -1.67. The summed E-state index contributed by atoms with van der Waals surface area (Å²) in [5, 5.41) is 76.1. The minimum Gasteiger partial charge on any atom is -0.394 e. The Balaban J connectivity index is 2.26. The number of rotatable bonds is 52. The van der Waals surface area contributed by atoms with Crippen LogP contribution in [0.3, 0.4) is 0 Å². The van der Waals surface area contributed by atoms with E-state index < -0.39 is 74.2 Å². The summed E-state index contributed by atoms with van der Waals surface area (Å²) in [6.45, 7) is 3.44. The number of allylic oxidation sites excluding steroid dienone is 6. The van der Waals surface area contributed by atoms with Crippen molar-refractivity contribution in [2.75, 3.05) is 13.2 Å². The molecule has 1 amide bonds. The number of carbonyl (C=O) groups is 1. The Morgan fingerprint density at radius 3 is 1.24 bits per heavy atom. The molecule has 0 aromatic heterocycles. The zero-order valence-corrected chi connectivity index (χ0v) is 46.4. The van der Waals surface area contributed by atoms with Gasteiger partial charge in [-0.25, -0.2) is 0 Å². The van der Waals surface area contributed by atoms with Gasteiger partial charge in [-0.05, 0) is 64.2 Å². The smallest absolute Gasteiger partial charge is 0.249 e. The molecule has 1 aliphatic heterocycles. The van der Waals surface area contributed by atoms with Gasteiger partial charge in [-0.3, -0.25) is 4.79 Å². The Kier molecular flexibility index (Phi) is 47.6. The number of hydrogen-bond acceptors (Lipinski definition) is 10. The van der Waals surface area contributed by atoms with Gasteiger partial charge in [0.1, 0.15) is 36.6 Å². The summed E-state index contributed by atoms with van der Waals surface area (Å²) in [7, 11) is 0. The third-order valence-electron chi connectivity index (χ3n) is 14.7. The Bertz CT molecular complexity index is 1260. The van der Waals surface area contributed by atoms with Gasteiger partial charge in [0.25, 0.3) is 0 Å². The molecule has 0 saturated carbocycles. The fourth-order valence-corrected chi connectivity index (χ4v) is 9.71. The molecular weight excluding hydrogens is 907 g/mol. The van der Waals surface area contributed by atoms with Gasteiger partial charge < -0.3 is 50.5 Å². The molecule has 1 rings (SSSR count). The first-order valence-electron chi connectivity index (χ1n) is 30.4.